The lowest BCUT2D eigenvalue weighted by Gasteiger charge is -2.32. The molecule has 0 aromatic carbocycles. The summed E-state index contributed by atoms with van der Waals surface area (Å²) in [5.41, 5.74) is 0.351. The molecule has 1 saturated heterocycles. The van der Waals surface area contributed by atoms with Crippen molar-refractivity contribution in [2.45, 2.75) is 0 Å². The van der Waals surface area contributed by atoms with Gasteiger partial charge in [-0.05, 0) is 0 Å². The van der Waals surface area contributed by atoms with Crippen molar-refractivity contribution in [3.63, 3.8) is 0 Å². The number of nitrogens with zero attached hydrogens (tertiary/aromatic N) is 4. The Kier molecular flexibility index (Phi) is 5.44. The van der Waals surface area contributed by atoms with Gasteiger partial charge in [0, 0.05) is 45.9 Å². The molecule has 1 N–H and O–H groups in total. The number of hydrogen-bond donors (Lipinski definition) is 1. The van der Waals surface area contributed by atoms with E-state index in [2.05, 4.69) is 15.3 Å². The number of methoxy groups -OCH3 is 1. The van der Waals surface area contributed by atoms with Crippen molar-refractivity contribution in [2.24, 2.45) is 0 Å². The van der Waals surface area contributed by atoms with Crippen molar-refractivity contribution in [1.82, 2.24) is 19.8 Å². The van der Waals surface area contributed by atoms with Crippen LogP contribution in [0.25, 0.3) is 0 Å². The van der Waals surface area contributed by atoms with Gasteiger partial charge in [-0.3, -0.25) is 9.59 Å². The van der Waals surface area contributed by atoms with Crippen molar-refractivity contribution in [1.29, 1.82) is 0 Å². The van der Waals surface area contributed by atoms with Gasteiger partial charge in [-0.25, -0.2) is 9.97 Å². The Morgan fingerprint density at radius 2 is 2.14 bits per heavy atom. The lowest BCUT2D eigenvalue weighted by atomic mass is 10.2. The standard InChI is InChI=1S/C13H19N5O3/c1-21-7-2-14-12-8-11(15-9-16-12)13(20)18-5-3-17(10-19)4-6-18/h8-10H,2-7H2,1H3,(H,14,15,16). The lowest BCUT2D eigenvalue weighted by Crippen LogP contribution is -2.48. The molecule has 1 aromatic rings. The van der Waals surface area contributed by atoms with Crippen LogP contribution in [0.2, 0.25) is 0 Å². The molecule has 2 rings (SSSR count). The molecule has 1 aliphatic heterocycles. The number of amides is 2. The number of rotatable bonds is 6. The van der Waals surface area contributed by atoms with Crippen molar-refractivity contribution in [3.05, 3.63) is 18.1 Å². The van der Waals surface area contributed by atoms with Crippen LogP contribution in [0.3, 0.4) is 0 Å². The van der Waals surface area contributed by atoms with Gasteiger partial charge in [0.1, 0.15) is 17.8 Å². The maximum absolute atomic E-state index is 12.4. The second-order valence-corrected chi connectivity index (χ2v) is 4.64. The van der Waals surface area contributed by atoms with Crippen LogP contribution < -0.4 is 5.32 Å². The van der Waals surface area contributed by atoms with E-state index in [9.17, 15) is 9.59 Å². The minimum atomic E-state index is -0.141. The molecule has 1 fully saturated rings. The van der Waals surface area contributed by atoms with Crippen LogP contribution in [-0.2, 0) is 9.53 Å². The Morgan fingerprint density at radius 3 is 2.81 bits per heavy atom. The molecule has 2 heterocycles. The van der Waals surface area contributed by atoms with Crippen molar-refractivity contribution < 1.29 is 14.3 Å². The zero-order chi connectivity index (χ0) is 15.1. The van der Waals surface area contributed by atoms with Gasteiger partial charge < -0.3 is 19.9 Å². The van der Waals surface area contributed by atoms with Crippen LogP contribution in [0.1, 0.15) is 10.5 Å². The second-order valence-electron chi connectivity index (χ2n) is 4.64. The molecule has 8 nitrogen and oxygen atoms in total. The fraction of sp³-hybridized carbons (Fsp3) is 0.538. The number of ether oxygens (including phenoxy) is 1. The van der Waals surface area contributed by atoms with Crippen LogP contribution in [0.4, 0.5) is 5.82 Å². The summed E-state index contributed by atoms with van der Waals surface area (Å²) in [6, 6.07) is 1.63. The minimum absolute atomic E-state index is 0.141. The number of carbonyl (C=O) groups is 2. The Bertz CT molecular complexity index is 488. The Balaban J connectivity index is 1.96. The Labute approximate surface area is 123 Å². The highest BCUT2D eigenvalue weighted by molar-refractivity contribution is 5.93. The van der Waals surface area contributed by atoms with Crippen LogP contribution >= 0.6 is 0 Å². The number of anilines is 1. The molecule has 0 unspecified atom stereocenters. The van der Waals surface area contributed by atoms with Gasteiger partial charge in [0.25, 0.3) is 5.91 Å². The molecular formula is C13H19N5O3. The molecule has 114 valence electrons. The van der Waals surface area contributed by atoms with E-state index in [1.807, 2.05) is 0 Å². The van der Waals surface area contributed by atoms with Gasteiger partial charge in [-0.2, -0.15) is 0 Å². The average Bonchev–Trinajstić information content (AvgIpc) is 2.55. The first kappa shape index (κ1) is 15.2. The normalized spacial score (nSPS) is 14.9. The number of aromatic nitrogens is 2. The van der Waals surface area contributed by atoms with E-state index in [0.29, 0.717) is 50.8 Å². The van der Waals surface area contributed by atoms with Gasteiger partial charge in [0.2, 0.25) is 6.41 Å². The monoisotopic (exact) mass is 293 g/mol. The molecule has 0 aliphatic carbocycles. The zero-order valence-corrected chi connectivity index (χ0v) is 12.0. The number of hydrogen-bond acceptors (Lipinski definition) is 6. The maximum Gasteiger partial charge on any atom is 0.272 e. The third-order valence-electron chi connectivity index (χ3n) is 3.25. The summed E-state index contributed by atoms with van der Waals surface area (Å²) in [5.74, 6) is 0.453. The van der Waals surface area contributed by atoms with E-state index in [4.69, 9.17) is 4.74 Å². The Hall–Kier alpha value is -2.22. The molecule has 1 aliphatic rings. The van der Waals surface area contributed by atoms with E-state index in [0.717, 1.165) is 6.41 Å². The molecule has 0 radical (unpaired) electrons. The van der Waals surface area contributed by atoms with Crippen LogP contribution in [0.15, 0.2) is 12.4 Å². The number of carbonyl (C=O) groups excluding carboxylic acids is 2. The highest BCUT2D eigenvalue weighted by Crippen LogP contribution is 2.09. The highest BCUT2D eigenvalue weighted by atomic mass is 16.5. The molecule has 1 aromatic heterocycles. The molecule has 0 bridgehead atoms. The van der Waals surface area contributed by atoms with E-state index in [-0.39, 0.29) is 5.91 Å². The Morgan fingerprint density at radius 1 is 1.38 bits per heavy atom. The predicted octanol–water partition coefficient (Wildman–Crippen LogP) is -0.551. The largest absolute Gasteiger partial charge is 0.383 e. The van der Waals surface area contributed by atoms with Crippen LogP contribution in [0, 0.1) is 0 Å². The molecular weight excluding hydrogens is 274 g/mol. The molecule has 21 heavy (non-hydrogen) atoms. The molecule has 0 atom stereocenters. The van der Waals surface area contributed by atoms with Crippen LogP contribution in [-0.4, -0.2) is 78.5 Å². The summed E-state index contributed by atoms with van der Waals surface area (Å²) in [4.78, 5) is 34.4. The van der Waals surface area contributed by atoms with E-state index >= 15 is 0 Å². The van der Waals surface area contributed by atoms with E-state index in [1.165, 1.54) is 6.33 Å². The second kappa shape index (κ2) is 7.53. The first-order valence-electron chi connectivity index (χ1n) is 6.78. The van der Waals surface area contributed by atoms with Gasteiger partial charge in [0.15, 0.2) is 0 Å². The smallest absolute Gasteiger partial charge is 0.272 e. The van der Waals surface area contributed by atoms with E-state index in [1.54, 1.807) is 23.0 Å². The molecule has 0 saturated carbocycles. The summed E-state index contributed by atoms with van der Waals surface area (Å²) < 4.78 is 4.94. The first-order valence-corrected chi connectivity index (χ1v) is 6.78. The zero-order valence-electron chi connectivity index (χ0n) is 12.0. The lowest BCUT2D eigenvalue weighted by molar-refractivity contribution is -0.119. The topological polar surface area (TPSA) is 87.7 Å². The van der Waals surface area contributed by atoms with E-state index < -0.39 is 0 Å². The van der Waals surface area contributed by atoms with Crippen LogP contribution in [0.5, 0.6) is 0 Å². The quantitative estimate of drug-likeness (QED) is 0.559. The highest BCUT2D eigenvalue weighted by Gasteiger charge is 2.22. The van der Waals surface area contributed by atoms with Gasteiger partial charge in [0.05, 0.1) is 6.61 Å². The summed E-state index contributed by atoms with van der Waals surface area (Å²) >= 11 is 0. The summed E-state index contributed by atoms with van der Waals surface area (Å²) in [5, 5.41) is 3.06. The third kappa shape index (κ3) is 4.12. The van der Waals surface area contributed by atoms with Gasteiger partial charge in [-0.1, -0.05) is 0 Å². The van der Waals surface area contributed by atoms with Gasteiger partial charge >= 0.3 is 0 Å². The third-order valence-corrected chi connectivity index (χ3v) is 3.25. The fourth-order valence-corrected chi connectivity index (χ4v) is 2.04. The SMILES string of the molecule is COCCNc1cc(C(=O)N2CCN(C=O)CC2)ncn1. The van der Waals surface area contributed by atoms with Crippen molar-refractivity contribution >= 4 is 18.1 Å². The summed E-state index contributed by atoms with van der Waals surface area (Å²) in [7, 11) is 1.62. The molecule has 2 amide bonds. The average molecular weight is 293 g/mol. The summed E-state index contributed by atoms with van der Waals surface area (Å²) in [6.07, 6.45) is 2.17. The maximum atomic E-state index is 12.4. The number of nitrogens with one attached hydrogen (secondary N) is 1. The van der Waals surface area contributed by atoms with Crippen molar-refractivity contribution in [2.75, 3.05) is 51.8 Å². The fourth-order valence-electron chi connectivity index (χ4n) is 2.04. The molecule has 0 spiro atoms. The summed E-state index contributed by atoms with van der Waals surface area (Å²) in [6.45, 7) is 3.32. The van der Waals surface area contributed by atoms with Crippen molar-refractivity contribution in [3.8, 4) is 0 Å². The number of piperazine rings is 1. The molecule has 8 heteroatoms. The first-order chi connectivity index (χ1) is 10.2. The minimum Gasteiger partial charge on any atom is -0.383 e. The van der Waals surface area contributed by atoms with Gasteiger partial charge in [-0.15, -0.1) is 0 Å². The predicted molar refractivity (Wildman–Crippen MR) is 75.9 cm³/mol.